The summed E-state index contributed by atoms with van der Waals surface area (Å²) in [6.45, 7) is 0.310. The van der Waals surface area contributed by atoms with E-state index in [9.17, 15) is 13.5 Å². The third-order valence-electron chi connectivity index (χ3n) is 3.32. The van der Waals surface area contributed by atoms with Gasteiger partial charge in [-0.05, 0) is 43.4 Å². The molecule has 0 bridgehead atoms. The van der Waals surface area contributed by atoms with E-state index in [-0.39, 0.29) is 21.9 Å². The van der Waals surface area contributed by atoms with Crippen molar-refractivity contribution in [3.63, 3.8) is 0 Å². The Morgan fingerprint density at radius 2 is 2.16 bits per heavy atom. The summed E-state index contributed by atoms with van der Waals surface area (Å²) < 4.78 is 26.8. The Labute approximate surface area is 117 Å². The average Bonchev–Trinajstić information content (AvgIpc) is 2.76. The molecule has 2 rings (SSSR count). The maximum atomic E-state index is 12.1. The van der Waals surface area contributed by atoms with Crippen molar-refractivity contribution in [2.75, 3.05) is 12.3 Å². The van der Waals surface area contributed by atoms with Gasteiger partial charge in [0.05, 0.1) is 11.1 Å². The quantitative estimate of drug-likeness (QED) is 0.732. The molecular formula is C12H17ClN2O3S. The SMILES string of the molecule is Nc1ccc(Cl)c(S(=O)(=O)NCC2CCC(O)C2)c1. The Morgan fingerprint density at radius 3 is 2.79 bits per heavy atom. The highest BCUT2D eigenvalue weighted by Gasteiger charge is 2.25. The smallest absolute Gasteiger partial charge is 0.242 e. The largest absolute Gasteiger partial charge is 0.399 e. The second-order valence-electron chi connectivity index (χ2n) is 4.87. The molecule has 0 radical (unpaired) electrons. The number of halogens is 1. The van der Waals surface area contributed by atoms with Crippen molar-refractivity contribution in [2.24, 2.45) is 5.92 Å². The van der Waals surface area contributed by atoms with Crippen LogP contribution in [0.1, 0.15) is 19.3 Å². The predicted molar refractivity (Wildman–Crippen MR) is 74.4 cm³/mol. The van der Waals surface area contributed by atoms with E-state index in [2.05, 4.69) is 4.72 Å². The van der Waals surface area contributed by atoms with Gasteiger partial charge >= 0.3 is 0 Å². The van der Waals surface area contributed by atoms with Gasteiger partial charge in [0.2, 0.25) is 10.0 Å². The molecule has 0 saturated heterocycles. The van der Waals surface area contributed by atoms with E-state index in [0.717, 1.165) is 12.8 Å². The first-order valence-electron chi connectivity index (χ1n) is 6.11. The van der Waals surface area contributed by atoms with Crippen LogP contribution in [0.4, 0.5) is 5.69 Å². The van der Waals surface area contributed by atoms with Crippen LogP contribution in [0.5, 0.6) is 0 Å². The molecule has 106 valence electrons. The minimum absolute atomic E-state index is 0.00675. The van der Waals surface area contributed by atoms with Gasteiger partial charge in [0.25, 0.3) is 0 Å². The van der Waals surface area contributed by atoms with Crippen LogP contribution < -0.4 is 10.5 Å². The van der Waals surface area contributed by atoms with E-state index in [4.69, 9.17) is 17.3 Å². The lowest BCUT2D eigenvalue weighted by molar-refractivity contribution is 0.178. The van der Waals surface area contributed by atoms with Gasteiger partial charge in [-0.1, -0.05) is 11.6 Å². The van der Waals surface area contributed by atoms with Crippen molar-refractivity contribution in [2.45, 2.75) is 30.3 Å². The third kappa shape index (κ3) is 3.60. The lowest BCUT2D eigenvalue weighted by Gasteiger charge is -2.12. The van der Waals surface area contributed by atoms with E-state index in [1.54, 1.807) is 6.07 Å². The summed E-state index contributed by atoms with van der Waals surface area (Å²) in [6, 6.07) is 4.35. The number of nitrogen functional groups attached to an aromatic ring is 1. The zero-order valence-corrected chi connectivity index (χ0v) is 11.9. The second-order valence-corrected chi connectivity index (χ2v) is 7.02. The molecule has 1 aromatic rings. The molecule has 0 spiro atoms. The average molecular weight is 305 g/mol. The standard InChI is InChI=1S/C12H17ClN2O3S/c13-11-4-2-9(14)6-12(11)19(17,18)15-7-8-1-3-10(16)5-8/h2,4,6,8,10,15-16H,1,3,5,7,14H2. The van der Waals surface area contributed by atoms with Gasteiger partial charge < -0.3 is 10.8 Å². The molecule has 5 nitrogen and oxygen atoms in total. The lowest BCUT2D eigenvalue weighted by atomic mass is 10.1. The number of benzene rings is 1. The highest BCUT2D eigenvalue weighted by molar-refractivity contribution is 7.89. The molecule has 1 aliphatic carbocycles. The molecule has 1 aromatic carbocycles. The number of sulfonamides is 1. The Morgan fingerprint density at radius 1 is 1.42 bits per heavy atom. The Bertz CT molecular complexity index is 562. The van der Waals surface area contributed by atoms with E-state index < -0.39 is 10.0 Å². The fourth-order valence-electron chi connectivity index (χ4n) is 2.27. The van der Waals surface area contributed by atoms with E-state index in [1.807, 2.05) is 0 Å². The minimum Gasteiger partial charge on any atom is -0.399 e. The van der Waals surface area contributed by atoms with Crippen LogP contribution in [0.3, 0.4) is 0 Å². The maximum Gasteiger partial charge on any atom is 0.242 e. The van der Waals surface area contributed by atoms with Gasteiger partial charge in [-0.3, -0.25) is 0 Å². The molecule has 7 heteroatoms. The molecular weight excluding hydrogens is 288 g/mol. The van der Waals surface area contributed by atoms with Gasteiger partial charge in [-0.25, -0.2) is 13.1 Å². The normalized spacial score (nSPS) is 23.7. The molecule has 2 atom stereocenters. The van der Waals surface area contributed by atoms with Crippen molar-refractivity contribution in [3.05, 3.63) is 23.2 Å². The maximum absolute atomic E-state index is 12.1. The summed E-state index contributed by atoms with van der Waals surface area (Å²) in [4.78, 5) is -0.00675. The van der Waals surface area contributed by atoms with E-state index in [0.29, 0.717) is 18.7 Å². The van der Waals surface area contributed by atoms with Crippen molar-refractivity contribution in [1.82, 2.24) is 4.72 Å². The van der Waals surface area contributed by atoms with Gasteiger partial charge in [0, 0.05) is 12.2 Å². The van der Waals surface area contributed by atoms with Gasteiger partial charge in [0.15, 0.2) is 0 Å². The fraction of sp³-hybridized carbons (Fsp3) is 0.500. The third-order valence-corrected chi connectivity index (χ3v) is 5.23. The zero-order chi connectivity index (χ0) is 14.0. The minimum atomic E-state index is -3.66. The second kappa shape index (κ2) is 5.66. The first kappa shape index (κ1) is 14.6. The first-order valence-corrected chi connectivity index (χ1v) is 7.97. The van der Waals surface area contributed by atoms with Crippen LogP contribution in [-0.4, -0.2) is 26.2 Å². The number of aliphatic hydroxyl groups excluding tert-OH is 1. The number of anilines is 1. The number of rotatable bonds is 4. The van der Waals surface area contributed by atoms with Crippen LogP contribution in [0.25, 0.3) is 0 Å². The summed E-state index contributed by atoms with van der Waals surface area (Å²) in [5.74, 6) is 0.171. The molecule has 0 amide bonds. The predicted octanol–water partition coefficient (Wildman–Crippen LogP) is 1.36. The number of nitrogens with one attached hydrogen (secondary N) is 1. The van der Waals surface area contributed by atoms with Gasteiger partial charge in [-0.15, -0.1) is 0 Å². The number of aliphatic hydroxyl groups is 1. The van der Waals surface area contributed by atoms with Gasteiger partial charge in [0.1, 0.15) is 4.90 Å². The zero-order valence-electron chi connectivity index (χ0n) is 10.3. The van der Waals surface area contributed by atoms with Crippen LogP contribution in [-0.2, 0) is 10.0 Å². The Kier molecular flexibility index (Phi) is 4.35. The highest BCUT2D eigenvalue weighted by Crippen LogP contribution is 2.26. The highest BCUT2D eigenvalue weighted by atomic mass is 35.5. The molecule has 1 fully saturated rings. The van der Waals surface area contributed by atoms with Gasteiger partial charge in [-0.2, -0.15) is 0 Å². The summed E-state index contributed by atoms with van der Waals surface area (Å²) in [5.41, 5.74) is 5.92. The lowest BCUT2D eigenvalue weighted by Crippen LogP contribution is -2.29. The molecule has 2 unspecified atom stereocenters. The molecule has 1 saturated carbocycles. The number of hydrogen-bond acceptors (Lipinski definition) is 4. The van der Waals surface area contributed by atoms with Crippen LogP contribution in [0.2, 0.25) is 5.02 Å². The van der Waals surface area contributed by atoms with Crippen molar-refractivity contribution in [1.29, 1.82) is 0 Å². The van der Waals surface area contributed by atoms with Crippen LogP contribution in [0, 0.1) is 5.92 Å². The Balaban J connectivity index is 2.08. The summed E-state index contributed by atoms with van der Waals surface area (Å²) in [6.07, 6.45) is 1.87. The van der Waals surface area contributed by atoms with Crippen LogP contribution >= 0.6 is 11.6 Å². The monoisotopic (exact) mass is 304 g/mol. The van der Waals surface area contributed by atoms with E-state index in [1.165, 1.54) is 12.1 Å². The molecule has 0 aliphatic heterocycles. The van der Waals surface area contributed by atoms with Crippen LogP contribution in [0.15, 0.2) is 23.1 Å². The molecule has 1 aliphatic rings. The fourth-order valence-corrected chi connectivity index (χ4v) is 3.91. The topological polar surface area (TPSA) is 92.4 Å². The molecule has 0 heterocycles. The Hall–Kier alpha value is -0.820. The summed E-state index contributed by atoms with van der Waals surface area (Å²) >= 11 is 5.88. The van der Waals surface area contributed by atoms with E-state index >= 15 is 0 Å². The first-order chi connectivity index (χ1) is 8.88. The van der Waals surface area contributed by atoms with Crippen molar-refractivity contribution < 1.29 is 13.5 Å². The summed E-state index contributed by atoms with van der Waals surface area (Å²) in [7, 11) is -3.66. The summed E-state index contributed by atoms with van der Waals surface area (Å²) in [5, 5.41) is 9.56. The van der Waals surface area contributed by atoms with Crippen molar-refractivity contribution >= 4 is 27.3 Å². The molecule has 0 aromatic heterocycles. The molecule has 4 N–H and O–H groups in total. The number of hydrogen-bond donors (Lipinski definition) is 3. The van der Waals surface area contributed by atoms with Crippen molar-refractivity contribution in [3.8, 4) is 0 Å². The number of nitrogens with two attached hydrogens (primary N) is 1. The molecule has 19 heavy (non-hydrogen) atoms.